The van der Waals surface area contributed by atoms with Gasteiger partial charge in [0.1, 0.15) is 0 Å². The van der Waals surface area contributed by atoms with Crippen molar-refractivity contribution in [1.82, 2.24) is 0 Å². The first kappa shape index (κ1) is 12.2. The van der Waals surface area contributed by atoms with Crippen LogP contribution in [0.5, 0.6) is 0 Å². The normalized spacial score (nSPS) is 11.9. The van der Waals surface area contributed by atoms with Crippen molar-refractivity contribution in [2.24, 2.45) is 5.92 Å². The molecule has 0 fully saturated rings. The Kier molecular flexibility index (Phi) is 6.29. The highest BCUT2D eigenvalue weighted by atomic mass is 16.5. The van der Waals surface area contributed by atoms with Crippen molar-refractivity contribution in [3.05, 3.63) is 11.6 Å². The minimum absolute atomic E-state index is 0.208. The van der Waals surface area contributed by atoms with Crippen molar-refractivity contribution in [3.63, 3.8) is 0 Å². The lowest BCUT2D eigenvalue weighted by Gasteiger charge is -2.04. The Balaban J connectivity index is 3.64. The third-order valence-electron chi connectivity index (χ3n) is 1.86. The fourth-order valence-electron chi connectivity index (χ4n) is 0.740. The fourth-order valence-corrected chi connectivity index (χ4v) is 0.740. The molecule has 76 valence electrons. The molecule has 0 spiro atoms. The van der Waals surface area contributed by atoms with Crippen LogP contribution >= 0.6 is 0 Å². The van der Waals surface area contributed by atoms with E-state index in [1.165, 1.54) is 0 Å². The van der Waals surface area contributed by atoms with Crippen LogP contribution in [0.25, 0.3) is 0 Å². The lowest BCUT2D eigenvalue weighted by atomic mass is 10.1. The summed E-state index contributed by atoms with van der Waals surface area (Å²) >= 11 is 0. The standard InChI is InChI=1S/C11H20O2/c1-5-10(4)8-11(12)13-7-6-9(2)3/h8-9H,5-7H2,1-4H3/b10-8+. The Morgan fingerprint density at radius 2 is 2.08 bits per heavy atom. The number of hydrogen-bond donors (Lipinski definition) is 0. The van der Waals surface area contributed by atoms with Gasteiger partial charge in [-0.2, -0.15) is 0 Å². The molecule has 0 aliphatic rings. The molecule has 0 heterocycles. The number of hydrogen-bond acceptors (Lipinski definition) is 2. The van der Waals surface area contributed by atoms with E-state index in [-0.39, 0.29) is 5.97 Å². The molecule has 2 nitrogen and oxygen atoms in total. The predicted octanol–water partition coefficient (Wildman–Crippen LogP) is 2.93. The highest BCUT2D eigenvalue weighted by Crippen LogP contribution is 2.01. The topological polar surface area (TPSA) is 26.3 Å². The van der Waals surface area contributed by atoms with E-state index >= 15 is 0 Å². The van der Waals surface area contributed by atoms with Crippen LogP contribution in [0.2, 0.25) is 0 Å². The second-order valence-corrected chi connectivity index (χ2v) is 3.69. The number of carbonyl (C=O) groups excluding carboxylic acids is 1. The minimum Gasteiger partial charge on any atom is -0.463 e. The number of esters is 1. The largest absolute Gasteiger partial charge is 0.463 e. The van der Waals surface area contributed by atoms with E-state index in [0.717, 1.165) is 18.4 Å². The molecular weight excluding hydrogens is 164 g/mol. The van der Waals surface area contributed by atoms with Gasteiger partial charge in [-0.15, -0.1) is 0 Å². The van der Waals surface area contributed by atoms with E-state index in [9.17, 15) is 4.79 Å². The van der Waals surface area contributed by atoms with Crippen molar-refractivity contribution in [2.75, 3.05) is 6.61 Å². The zero-order chi connectivity index (χ0) is 10.3. The summed E-state index contributed by atoms with van der Waals surface area (Å²) in [7, 11) is 0. The van der Waals surface area contributed by atoms with Gasteiger partial charge in [-0.25, -0.2) is 4.79 Å². The highest BCUT2D eigenvalue weighted by Gasteiger charge is 1.99. The summed E-state index contributed by atoms with van der Waals surface area (Å²) in [4.78, 5) is 11.1. The summed E-state index contributed by atoms with van der Waals surface area (Å²) in [6.45, 7) is 8.71. The number of carbonyl (C=O) groups is 1. The monoisotopic (exact) mass is 184 g/mol. The second kappa shape index (κ2) is 6.70. The summed E-state index contributed by atoms with van der Waals surface area (Å²) in [6.07, 6.45) is 3.41. The Bertz CT molecular complexity index is 181. The van der Waals surface area contributed by atoms with Crippen molar-refractivity contribution in [1.29, 1.82) is 0 Å². The molecule has 0 atom stereocenters. The van der Waals surface area contributed by atoms with E-state index in [0.29, 0.717) is 12.5 Å². The molecule has 13 heavy (non-hydrogen) atoms. The molecular formula is C11H20O2. The van der Waals surface area contributed by atoms with Crippen LogP contribution in [0.3, 0.4) is 0 Å². The van der Waals surface area contributed by atoms with Gasteiger partial charge in [-0.3, -0.25) is 0 Å². The lowest BCUT2D eigenvalue weighted by molar-refractivity contribution is -0.138. The Labute approximate surface area is 81.0 Å². The quantitative estimate of drug-likeness (QED) is 0.485. The van der Waals surface area contributed by atoms with Gasteiger partial charge < -0.3 is 4.74 Å². The molecule has 0 N–H and O–H groups in total. The van der Waals surface area contributed by atoms with Gasteiger partial charge in [0.05, 0.1) is 6.61 Å². The fraction of sp³-hybridized carbons (Fsp3) is 0.727. The molecule has 0 rings (SSSR count). The van der Waals surface area contributed by atoms with Crippen LogP contribution < -0.4 is 0 Å². The van der Waals surface area contributed by atoms with Crippen LogP contribution in [0.15, 0.2) is 11.6 Å². The molecule has 0 aromatic heterocycles. The van der Waals surface area contributed by atoms with Crippen molar-refractivity contribution in [3.8, 4) is 0 Å². The summed E-state index contributed by atoms with van der Waals surface area (Å²) < 4.78 is 5.01. The van der Waals surface area contributed by atoms with Gasteiger partial charge in [0.25, 0.3) is 0 Å². The summed E-state index contributed by atoms with van der Waals surface area (Å²) in [5.74, 6) is 0.379. The second-order valence-electron chi connectivity index (χ2n) is 3.69. The maximum Gasteiger partial charge on any atom is 0.330 e. The van der Waals surface area contributed by atoms with Crippen molar-refractivity contribution >= 4 is 5.97 Å². The average molecular weight is 184 g/mol. The SMILES string of the molecule is CC/C(C)=C/C(=O)OCCC(C)C. The van der Waals surface area contributed by atoms with Crippen LogP contribution in [-0.2, 0) is 9.53 Å². The van der Waals surface area contributed by atoms with Crippen molar-refractivity contribution < 1.29 is 9.53 Å². The van der Waals surface area contributed by atoms with E-state index in [4.69, 9.17) is 4.74 Å². The molecule has 0 unspecified atom stereocenters. The molecule has 0 bridgehead atoms. The summed E-state index contributed by atoms with van der Waals surface area (Å²) in [5.41, 5.74) is 1.06. The molecule has 0 radical (unpaired) electrons. The Morgan fingerprint density at radius 3 is 2.54 bits per heavy atom. The number of allylic oxidation sites excluding steroid dienone is 1. The predicted molar refractivity (Wildman–Crippen MR) is 54.5 cm³/mol. The summed E-state index contributed by atoms with van der Waals surface area (Å²) in [6, 6.07) is 0. The Morgan fingerprint density at radius 1 is 1.46 bits per heavy atom. The van der Waals surface area contributed by atoms with Gasteiger partial charge >= 0.3 is 5.97 Å². The summed E-state index contributed by atoms with van der Waals surface area (Å²) in [5, 5.41) is 0. The van der Waals surface area contributed by atoms with Crippen LogP contribution in [0.4, 0.5) is 0 Å². The Hall–Kier alpha value is -0.790. The highest BCUT2D eigenvalue weighted by molar-refractivity contribution is 5.82. The molecule has 0 saturated carbocycles. The molecule has 0 aliphatic carbocycles. The number of ether oxygens (including phenoxy) is 1. The van der Waals surface area contributed by atoms with Crippen molar-refractivity contribution in [2.45, 2.75) is 40.5 Å². The van der Waals surface area contributed by atoms with E-state index in [1.54, 1.807) is 6.08 Å². The maximum atomic E-state index is 11.1. The molecule has 0 aromatic carbocycles. The van der Waals surface area contributed by atoms with Crippen LogP contribution in [-0.4, -0.2) is 12.6 Å². The number of rotatable bonds is 5. The maximum absolute atomic E-state index is 11.1. The van der Waals surface area contributed by atoms with Crippen LogP contribution in [0, 0.1) is 5.92 Å². The lowest BCUT2D eigenvalue weighted by Crippen LogP contribution is -2.05. The van der Waals surface area contributed by atoms with Gasteiger partial charge in [0.15, 0.2) is 0 Å². The third kappa shape index (κ3) is 7.57. The third-order valence-corrected chi connectivity index (χ3v) is 1.86. The zero-order valence-corrected chi connectivity index (χ0v) is 9.09. The van der Waals surface area contributed by atoms with Crippen LogP contribution in [0.1, 0.15) is 40.5 Å². The first-order valence-electron chi connectivity index (χ1n) is 4.90. The van der Waals surface area contributed by atoms with E-state index < -0.39 is 0 Å². The molecule has 0 aliphatic heterocycles. The smallest absolute Gasteiger partial charge is 0.330 e. The molecule has 0 amide bonds. The molecule has 0 aromatic rings. The minimum atomic E-state index is -0.208. The zero-order valence-electron chi connectivity index (χ0n) is 9.09. The first-order valence-corrected chi connectivity index (χ1v) is 4.90. The average Bonchev–Trinajstić information content (AvgIpc) is 2.03. The molecule has 0 saturated heterocycles. The van der Waals surface area contributed by atoms with Gasteiger partial charge in [-0.05, 0) is 25.7 Å². The van der Waals surface area contributed by atoms with E-state index in [1.807, 2.05) is 13.8 Å². The van der Waals surface area contributed by atoms with Gasteiger partial charge in [-0.1, -0.05) is 26.3 Å². The first-order chi connectivity index (χ1) is 6.06. The van der Waals surface area contributed by atoms with Gasteiger partial charge in [0, 0.05) is 6.08 Å². The van der Waals surface area contributed by atoms with E-state index in [2.05, 4.69) is 13.8 Å². The van der Waals surface area contributed by atoms with Gasteiger partial charge in [0.2, 0.25) is 0 Å². The molecule has 2 heteroatoms.